The van der Waals surface area contributed by atoms with Crippen LogP contribution in [0.1, 0.15) is 44.7 Å². The van der Waals surface area contributed by atoms with Crippen LogP contribution in [-0.4, -0.2) is 54.0 Å². The van der Waals surface area contributed by atoms with E-state index in [1.54, 1.807) is 0 Å². The second-order valence-corrected chi connectivity index (χ2v) is 7.16. The van der Waals surface area contributed by atoms with E-state index in [2.05, 4.69) is 27.2 Å². The Morgan fingerprint density at radius 1 is 1.13 bits per heavy atom. The number of hydrogen-bond acceptors (Lipinski definition) is 3. The van der Waals surface area contributed by atoms with Crippen molar-refractivity contribution in [1.82, 2.24) is 15.1 Å². The van der Waals surface area contributed by atoms with Crippen molar-refractivity contribution in [3.8, 4) is 0 Å². The first-order chi connectivity index (χ1) is 11.1. The highest BCUT2D eigenvalue weighted by Crippen LogP contribution is 2.28. The van der Waals surface area contributed by atoms with Crippen LogP contribution in [0.25, 0.3) is 0 Å². The summed E-state index contributed by atoms with van der Waals surface area (Å²) in [4.78, 5) is 17.9. The zero-order valence-electron chi connectivity index (χ0n) is 14.4. The van der Waals surface area contributed by atoms with Crippen LogP contribution >= 0.6 is 0 Å². The number of nitrogens with one attached hydrogen (secondary N) is 1. The largest absolute Gasteiger partial charge is 0.352 e. The van der Waals surface area contributed by atoms with E-state index >= 15 is 0 Å². The van der Waals surface area contributed by atoms with Crippen LogP contribution in [0, 0.1) is 0 Å². The number of carbonyl (C=O) groups is 1. The average Bonchev–Trinajstić information content (AvgIpc) is 2.86. The standard InChI is InChI=1S/C19H29N3O/c1-15(2)20-19(23)18(16-8-4-3-5-9-16)22-13-7-12-21-11-6-10-17(21)14-22/h3-5,8-9,15,17-18H,6-7,10-14H2,1-2H3,(H,20,23)/t17-,18+/m0/s1. The van der Waals surface area contributed by atoms with Gasteiger partial charge in [0, 0.05) is 25.2 Å². The van der Waals surface area contributed by atoms with Crippen molar-refractivity contribution in [2.75, 3.05) is 26.2 Å². The number of hydrogen-bond donors (Lipinski definition) is 1. The van der Waals surface area contributed by atoms with Crippen LogP contribution in [-0.2, 0) is 4.79 Å². The number of rotatable bonds is 4. The van der Waals surface area contributed by atoms with E-state index in [-0.39, 0.29) is 18.0 Å². The Bertz CT molecular complexity index is 517. The molecule has 3 rings (SSSR count). The molecular formula is C19H29N3O. The maximum absolute atomic E-state index is 12.9. The Balaban J connectivity index is 1.83. The molecule has 0 aliphatic carbocycles. The minimum absolute atomic E-state index is 0.137. The van der Waals surface area contributed by atoms with Gasteiger partial charge in [-0.15, -0.1) is 0 Å². The van der Waals surface area contributed by atoms with Crippen molar-refractivity contribution < 1.29 is 4.79 Å². The third-order valence-electron chi connectivity index (χ3n) is 4.99. The highest BCUT2D eigenvalue weighted by Gasteiger charge is 2.34. The summed E-state index contributed by atoms with van der Waals surface area (Å²) in [5, 5.41) is 3.12. The van der Waals surface area contributed by atoms with Crippen molar-refractivity contribution >= 4 is 5.91 Å². The maximum Gasteiger partial charge on any atom is 0.242 e. The lowest BCUT2D eigenvalue weighted by Gasteiger charge is -2.32. The third kappa shape index (κ3) is 3.93. The molecule has 2 fully saturated rings. The highest BCUT2D eigenvalue weighted by atomic mass is 16.2. The van der Waals surface area contributed by atoms with Crippen molar-refractivity contribution in [3.05, 3.63) is 35.9 Å². The van der Waals surface area contributed by atoms with Crippen LogP contribution in [0.4, 0.5) is 0 Å². The first kappa shape index (κ1) is 16.5. The Hall–Kier alpha value is -1.39. The van der Waals surface area contributed by atoms with Gasteiger partial charge in [-0.05, 0) is 51.8 Å². The molecule has 23 heavy (non-hydrogen) atoms. The molecule has 126 valence electrons. The molecule has 0 saturated carbocycles. The van der Waals surface area contributed by atoms with E-state index in [4.69, 9.17) is 0 Å². The Morgan fingerprint density at radius 2 is 1.87 bits per heavy atom. The summed E-state index contributed by atoms with van der Waals surface area (Å²) >= 11 is 0. The van der Waals surface area contributed by atoms with Gasteiger partial charge in [-0.3, -0.25) is 14.6 Å². The molecule has 0 radical (unpaired) electrons. The molecule has 4 heteroatoms. The molecule has 2 atom stereocenters. The SMILES string of the molecule is CC(C)NC(=O)[C@@H](c1ccccc1)N1CCCN2CCC[C@H]2C1. The molecule has 0 bridgehead atoms. The monoisotopic (exact) mass is 315 g/mol. The van der Waals surface area contributed by atoms with Crippen LogP contribution in [0.15, 0.2) is 30.3 Å². The van der Waals surface area contributed by atoms with Crippen LogP contribution in [0.2, 0.25) is 0 Å². The third-order valence-corrected chi connectivity index (χ3v) is 4.99. The molecule has 4 nitrogen and oxygen atoms in total. The van der Waals surface area contributed by atoms with Crippen LogP contribution < -0.4 is 5.32 Å². The van der Waals surface area contributed by atoms with Crippen LogP contribution in [0.5, 0.6) is 0 Å². The number of benzene rings is 1. The van der Waals surface area contributed by atoms with Gasteiger partial charge >= 0.3 is 0 Å². The lowest BCUT2D eigenvalue weighted by molar-refractivity contribution is -0.127. The maximum atomic E-state index is 12.9. The fraction of sp³-hybridized carbons (Fsp3) is 0.632. The summed E-state index contributed by atoms with van der Waals surface area (Å²) in [5.41, 5.74) is 1.11. The van der Waals surface area contributed by atoms with E-state index in [9.17, 15) is 4.79 Å². The number of fused-ring (bicyclic) bond motifs is 1. The smallest absolute Gasteiger partial charge is 0.242 e. The fourth-order valence-corrected chi connectivity index (χ4v) is 4.00. The summed E-state index contributed by atoms with van der Waals surface area (Å²) in [7, 11) is 0. The number of nitrogens with zero attached hydrogens (tertiary/aromatic N) is 2. The van der Waals surface area contributed by atoms with Crippen molar-refractivity contribution in [3.63, 3.8) is 0 Å². The second-order valence-electron chi connectivity index (χ2n) is 7.16. The van der Waals surface area contributed by atoms with E-state index in [1.807, 2.05) is 32.0 Å². The zero-order valence-corrected chi connectivity index (χ0v) is 14.4. The molecule has 2 saturated heterocycles. The van der Waals surface area contributed by atoms with Gasteiger partial charge in [0.1, 0.15) is 6.04 Å². The summed E-state index contributed by atoms with van der Waals surface area (Å²) in [5.74, 6) is 0.137. The van der Waals surface area contributed by atoms with E-state index in [0.29, 0.717) is 6.04 Å². The summed E-state index contributed by atoms with van der Waals surface area (Å²) in [6, 6.07) is 10.9. The van der Waals surface area contributed by atoms with Gasteiger partial charge in [-0.25, -0.2) is 0 Å². The van der Waals surface area contributed by atoms with Crippen molar-refractivity contribution in [2.45, 2.75) is 51.2 Å². The first-order valence-corrected chi connectivity index (χ1v) is 8.98. The first-order valence-electron chi connectivity index (χ1n) is 8.98. The van der Waals surface area contributed by atoms with E-state index in [1.165, 1.54) is 25.9 Å². The molecule has 0 spiro atoms. The molecule has 2 aliphatic heterocycles. The molecule has 2 aliphatic rings. The molecular weight excluding hydrogens is 286 g/mol. The summed E-state index contributed by atoms with van der Waals surface area (Å²) in [6.07, 6.45) is 3.71. The summed E-state index contributed by atoms with van der Waals surface area (Å²) < 4.78 is 0. The van der Waals surface area contributed by atoms with E-state index < -0.39 is 0 Å². The topological polar surface area (TPSA) is 35.6 Å². The van der Waals surface area contributed by atoms with Gasteiger partial charge in [0.2, 0.25) is 5.91 Å². The lowest BCUT2D eigenvalue weighted by atomic mass is 10.0. The average molecular weight is 315 g/mol. The Kier molecular flexibility index (Phi) is 5.34. The van der Waals surface area contributed by atoms with Gasteiger partial charge in [-0.1, -0.05) is 30.3 Å². The van der Waals surface area contributed by atoms with Gasteiger partial charge < -0.3 is 5.32 Å². The molecule has 1 N–H and O–H groups in total. The summed E-state index contributed by atoms with van der Waals surface area (Å²) in [6.45, 7) is 8.46. The van der Waals surface area contributed by atoms with Gasteiger partial charge in [-0.2, -0.15) is 0 Å². The Labute approximate surface area is 139 Å². The molecule has 0 unspecified atom stereocenters. The lowest BCUT2D eigenvalue weighted by Crippen LogP contribution is -2.45. The predicted octanol–water partition coefficient (Wildman–Crippen LogP) is 2.42. The van der Waals surface area contributed by atoms with Crippen molar-refractivity contribution in [2.24, 2.45) is 0 Å². The molecule has 1 aromatic rings. The normalized spacial score (nSPS) is 24.2. The number of carbonyl (C=O) groups excluding carboxylic acids is 1. The predicted molar refractivity (Wildman–Crippen MR) is 93.2 cm³/mol. The van der Waals surface area contributed by atoms with Gasteiger partial charge in [0.25, 0.3) is 0 Å². The minimum Gasteiger partial charge on any atom is -0.352 e. The minimum atomic E-state index is -0.167. The van der Waals surface area contributed by atoms with E-state index in [0.717, 1.165) is 25.1 Å². The van der Waals surface area contributed by atoms with Gasteiger partial charge in [0.05, 0.1) is 0 Å². The number of amides is 1. The van der Waals surface area contributed by atoms with Gasteiger partial charge in [0.15, 0.2) is 0 Å². The highest BCUT2D eigenvalue weighted by molar-refractivity contribution is 5.83. The molecule has 1 amide bonds. The second kappa shape index (κ2) is 7.45. The Morgan fingerprint density at radius 3 is 2.61 bits per heavy atom. The van der Waals surface area contributed by atoms with Crippen molar-refractivity contribution in [1.29, 1.82) is 0 Å². The molecule has 2 heterocycles. The molecule has 0 aromatic heterocycles. The zero-order chi connectivity index (χ0) is 16.2. The quantitative estimate of drug-likeness (QED) is 0.927. The molecule has 1 aromatic carbocycles. The fourth-order valence-electron chi connectivity index (χ4n) is 4.00. The van der Waals surface area contributed by atoms with Crippen LogP contribution in [0.3, 0.4) is 0 Å².